The molecule has 0 atom stereocenters. The third-order valence-electron chi connectivity index (χ3n) is 4.05. The molecule has 3 N–H and O–H groups in total. The second kappa shape index (κ2) is 8.94. The van der Waals surface area contributed by atoms with E-state index in [-0.39, 0.29) is 0 Å². The minimum absolute atomic E-state index is 0.412. The Labute approximate surface area is 154 Å². The predicted octanol–water partition coefficient (Wildman–Crippen LogP) is 4.81. The number of aromatic nitrogens is 2. The minimum atomic E-state index is 0.412. The SMILES string of the molecule is CCCCCOc1ccc(-c2cc(COc3cccc(N)c3)[nH]n2)cc1. The first kappa shape index (κ1) is 17.9. The zero-order valence-electron chi connectivity index (χ0n) is 15.1. The third-order valence-corrected chi connectivity index (χ3v) is 4.05. The molecule has 2 aromatic carbocycles. The van der Waals surface area contributed by atoms with Gasteiger partial charge in [0.1, 0.15) is 18.1 Å². The molecular weight excluding hydrogens is 326 g/mol. The molecule has 0 aliphatic heterocycles. The number of nitrogens with zero attached hydrogens (tertiary/aromatic N) is 1. The van der Waals surface area contributed by atoms with E-state index in [0.717, 1.165) is 41.5 Å². The monoisotopic (exact) mass is 351 g/mol. The molecular formula is C21H25N3O2. The average Bonchev–Trinajstić information content (AvgIpc) is 3.13. The smallest absolute Gasteiger partial charge is 0.130 e. The number of rotatable bonds is 9. The number of anilines is 1. The summed E-state index contributed by atoms with van der Waals surface area (Å²) in [5, 5.41) is 7.38. The Morgan fingerprint density at radius 1 is 0.962 bits per heavy atom. The van der Waals surface area contributed by atoms with Gasteiger partial charge in [-0.3, -0.25) is 5.10 Å². The molecule has 5 heteroatoms. The van der Waals surface area contributed by atoms with E-state index in [1.54, 1.807) is 6.07 Å². The van der Waals surface area contributed by atoms with Crippen LogP contribution in [0.15, 0.2) is 54.6 Å². The zero-order valence-corrected chi connectivity index (χ0v) is 15.1. The number of nitrogen functional groups attached to an aromatic ring is 1. The molecule has 0 fully saturated rings. The van der Waals surface area contributed by atoms with Crippen molar-refractivity contribution < 1.29 is 9.47 Å². The van der Waals surface area contributed by atoms with E-state index in [1.807, 2.05) is 48.5 Å². The van der Waals surface area contributed by atoms with E-state index in [4.69, 9.17) is 15.2 Å². The Morgan fingerprint density at radius 3 is 2.58 bits per heavy atom. The van der Waals surface area contributed by atoms with Crippen molar-refractivity contribution in [3.05, 3.63) is 60.3 Å². The topological polar surface area (TPSA) is 73.2 Å². The van der Waals surface area contributed by atoms with E-state index in [1.165, 1.54) is 12.8 Å². The number of hydrogen-bond acceptors (Lipinski definition) is 4. The van der Waals surface area contributed by atoms with Gasteiger partial charge in [0.05, 0.1) is 18.0 Å². The number of nitrogens with one attached hydrogen (secondary N) is 1. The molecule has 0 saturated heterocycles. The van der Waals surface area contributed by atoms with Gasteiger partial charge in [0.25, 0.3) is 0 Å². The van der Waals surface area contributed by atoms with Crippen LogP contribution in [0.25, 0.3) is 11.3 Å². The second-order valence-electron chi connectivity index (χ2n) is 6.22. The molecule has 0 aliphatic rings. The number of ether oxygens (including phenoxy) is 2. The van der Waals surface area contributed by atoms with Crippen molar-refractivity contribution in [2.24, 2.45) is 0 Å². The van der Waals surface area contributed by atoms with E-state index in [9.17, 15) is 0 Å². The van der Waals surface area contributed by atoms with Crippen molar-refractivity contribution in [3.63, 3.8) is 0 Å². The third kappa shape index (κ3) is 5.02. The lowest BCUT2D eigenvalue weighted by Gasteiger charge is -2.06. The Morgan fingerprint density at radius 2 is 1.81 bits per heavy atom. The molecule has 0 radical (unpaired) electrons. The van der Waals surface area contributed by atoms with Crippen LogP contribution in [0.1, 0.15) is 31.9 Å². The fourth-order valence-electron chi connectivity index (χ4n) is 2.61. The summed E-state index contributed by atoms with van der Waals surface area (Å²) >= 11 is 0. The van der Waals surface area contributed by atoms with Crippen LogP contribution in [0, 0.1) is 0 Å². The van der Waals surface area contributed by atoms with Crippen LogP contribution in [0.5, 0.6) is 11.5 Å². The summed E-state index contributed by atoms with van der Waals surface area (Å²) in [4.78, 5) is 0. The molecule has 0 amide bonds. The summed E-state index contributed by atoms with van der Waals surface area (Å²) in [6, 6.07) is 17.4. The number of H-pyrrole nitrogens is 1. The second-order valence-corrected chi connectivity index (χ2v) is 6.22. The number of nitrogens with two attached hydrogens (primary N) is 1. The lowest BCUT2D eigenvalue weighted by molar-refractivity contribution is 0.301. The lowest BCUT2D eigenvalue weighted by Crippen LogP contribution is -1.96. The van der Waals surface area contributed by atoms with Crippen molar-refractivity contribution in [3.8, 4) is 22.8 Å². The van der Waals surface area contributed by atoms with E-state index in [0.29, 0.717) is 12.3 Å². The Balaban J connectivity index is 1.55. The summed E-state index contributed by atoms with van der Waals surface area (Å²) in [5.74, 6) is 1.64. The quantitative estimate of drug-likeness (QED) is 0.429. The molecule has 3 aromatic rings. The first-order valence-electron chi connectivity index (χ1n) is 9.00. The fourth-order valence-corrected chi connectivity index (χ4v) is 2.61. The van der Waals surface area contributed by atoms with Gasteiger partial charge in [-0.25, -0.2) is 0 Å². The van der Waals surface area contributed by atoms with Gasteiger partial charge in [0, 0.05) is 17.3 Å². The van der Waals surface area contributed by atoms with E-state index < -0.39 is 0 Å². The number of aromatic amines is 1. The lowest BCUT2D eigenvalue weighted by atomic mass is 10.1. The van der Waals surface area contributed by atoms with Crippen molar-refractivity contribution in [1.82, 2.24) is 10.2 Å². The number of unbranched alkanes of at least 4 members (excludes halogenated alkanes) is 2. The van der Waals surface area contributed by atoms with Crippen LogP contribution in [0.3, 0.4) is 0 Å². The summed E-state index contributed by atoms with van der Waals surface area (Å²) < 4.78 is 11.5. The molecule has 5 nitrogen and oxygen atoms in total. The molecule has 0 saturated carbocycles. The summed E-state index contributed by atoms with van der Waals surface area (Å²) in [6.07, 6.45) is 3.49. The molecule has 1 aromatic heterocycles. The number of hydrogen-bond donors (Lipinski definition) is 2. The van der Waals surface area contributed by atoms with E-state index in [2.05, 4.69) is 17.1 Å². The van der Waals surface area contributed by atoms with Gasteiger partial charge in [0.2, 0.25) is 0 Å². The highest BCUT2D eigenvalue weighted by molar-refractivity contribution is 5.60. The molecule has 0 unspecified atom stereocenters. The van der Waals surface area contributed by atoms with Crippen molar-refractivity contribution >= 4 is 5.69 Å². The molecule has 136 valence electrons. The normalized spacial score (nSPS) is 10.7. The molecule has 0 spiro atoms. The van der Waals surface area contributed by atoms with Crippen LogP contribution in [0.2, 0.25) is 0 Å². The van der Waals surface area contributed by atoms with Crippen molar-refractivity contribution in [2.45, 2.75) is 32.8 Å². The van der Waals surface area contributed by atoms with Gasteiger partial charge < -0.3 is 15.2 Å². The maximum atomic E-state index is 5.75. The fraction of sp³-hybridized carbons (Fsp3) is 0.286. The highest BCUT2D eigenvalue weighted by Crippen LogP contribution is 2.22. The van der Waals surface area contributed by atoms with E-state index >= 15 is 0 Å². The van der Waals surface area contributed by atoms with Crippen molar-refractivity contribution in [2.75, 3.05) is 12.3 Å². The Kier molecular flexibility index (Phi) is 6.14. The average molecular weight is 351 g/mol. The zero-order chi connectivity index (χ0) is 18.2. The highest BCUT2D eigenvalue weighted by Gasteiger charge is 2.05. The standard InChI is InChI=1S/C21H25N3O2/c1-2-3-4-12-25-19-10-8-16(9-11-19)21-14-18(23-24-21)15-26-20-7-5-6-17(22)13-20/h5-11,13-14H,2-4,12,15,22H2,1H3,(H,23,24). The van der Waals surface area contributed by atoms with Gasteiger partial charge in [-0.2, -0.15) is 5.10 Å². The van der Waals surface area contributed by atoms with Crippen LogP contribution in [-0.2, 0) is 6.61 Å². The van der Waals surface area contributed by atoms with Gasteiger partial charge >= 0.3 is 0 Å². The van der Waals surface area contributed by atoms with Crippen LogP contribution in [-0.4, -0.2) is 16.8 Å². The first-order chi connectivity index (χ1) is 12.7. The van der Waals surface area contributed by atoms with Crippen LogP contribution in [0.4, 0.5) is 5.69 Å². The molecule has 3 rings (SSSR count). The van der Waals surface area contributed by atoms with Crippen LogP contribution >= 0.6 is 0 Å². The largest absolute Gasteiger partial charge is 0.494 e. The maximum absolute atomic E-state index is 5.75. The number of benzene rings is 2. The Hall–Kier alpha value is -2.95. The molecule has 0 aliphatic carbocycles. The van der Waals surface area contributed by atoms with Crippen LogP contribution < -0.4 is 15.2 Å². The maximum Gasteiger partial charge on any atom is 0.130 e. The van der Waals surface area contributed by atoms with Gasteiger partial charge in [-0.1, -0.05) is 25.8 Å². The van der Waals surface area contributed by atoms with Gasteiger partial charge in [-0.15, -0.1) is 0 Å². The van der Waals surface area contributed by atoms with Gasteiger partial charge in [-0.05, 0) is 48.9 Å². The summed E-state index contributed by atoms with van der Waals surface area (Å²) in [7, 11) is 0. The molecule has 0 bridgehead atoms. The highest BCUT2D eigenvalue weighted by atomic mass is 16.5. The van der Waals surface area contributed by atoms with Gasteiger partial charge in [0.15, 0.2) is 0 Å². The summed E-state index contributed by atoms with van der Waals surface area (Å²) in [6.45, 7) is 3.36. The first-order valence-corrected chi connectivity index (χ1v) is 9.00. The van der Waals surface area contributed by atoms with Crippen molar-refractivity contribution in [1.29, 1.82) is 0 Å². The minimum Gasteiger partial charge on any atom is -0.494 e. The summed E-state index contributed by atoms with van der Waals surface area (Å²) in [5.41, 5.74) is 9.27. The molecule has 1 heterocycles. The molecule has 26 heavy (non-hydrogen) atoms. The predicted molar refractivity (Wildman–Crippen MR) is 104 cm³/mol. The Bertz CT molecular complexity index is 812.